The third-order valence-corrected chi connectivity index (χ3v) is 4.24. The van der Waals surface area contributed by atoms with Gasteiger partial charge in [-0.3, -0.25) is 0 Å². The van der Waals surface area contributed by atoms with Crippen molar-refractivity contribution >= 4 is 17.0 Å². The highest BCUT2D eigenvalue weighted by Crippen LogP contribution is 2.24. The molecule has 2 aromatic carbocycles. The fourth-order valence-electron chi connectivity index (χ4n) is 2.72. The summed E-state index contributed by atoms with van der Waals surface area (Å²) in [5.41, 5.74) is 4.06. The summed E-state index contributed by atoms with van der Waals surface area (Å²) in [5, 5.41) is 9.11. The van der Waals surface area contributed by atoms with Gasteiger partial charge in [0.15, 0.2) is 0 Å². The molecule has 0 fully saturated rings. The first-order valence-corrected chi connectivity index (χ1v) is 9.43. The van der Waals surface area contributed by atoms with Crippen molar-refractivity contribution in [1.82, 2.24) is 15.0 Å². The van der Waals surface area contributed by atoms with E-state index in [1.807, 2.05) is 49.4 Å². The number of carbonyl (C=O) groups is 1. The Morgan fingerprint density at radius 1 is 1.04 bits per heavy atom. The lowest BCUT2D eigenvalue weighted by molar-refractivity contribution is -0.139. The Balaban J connectivity index is 1.56. The molecule has 0 aliphatic heterocycles. The van der Waals surface area contributed by atoms with Crippen LogP contribution in [0.5, 0.6) is 5.75 Å². The lowest BCUT2D eigenvalue weighted by atomic mass is 10.2. The van der Waals surface area contributed by atoms with Crippen LogP contribution in [0.1, 0.15) is 31.7 Å². The summed E-state index contributed by atoms with van der Waals surface area (Å²) in [4.78, 5) is 12.9. The van der Waals surface area contributed by atoms with Crippen LogP contribution in [0.4, 0.5) is 0 Å². The van der Waals surface area contributed by atoms with E-state index in [1.54, 1.807) is 11.7 Å². The summed E-state index contributed by atoms with van der Waals surface area (Å²) in [6.07, 6.45) is 2.58. The van der Waals surface area contributed by atoms with Gasteiger partial charge in [-0.25, -0.2) is 4.79 Å². The first kappa shape index (κ1) is 19.6. The van der Waals surface area contributed by atoms with Crippen LogP contribution in [0.2, 0.25) is 0 Å². The monoisotopic (exact) mass is 379 g/mol. The fourth-order valence-corrected chi connectivity index (χ4v) is 2.72. The van der Waals surface area contributed by atoms with Crippen molar-refractivity contribution in [1.29, 1.82) is 0 Å². The van der Waals surface area contributed by atoms with Gasteiger partial charge >= 0.3 is 5.97 Å². The van der Waals surface area contributed by atoms with E-state index < -0.39 is 0 Å². The van der Waals surface area contributed by atoms with E-state index in [0.717, 1.165) is 47.3 Å². The summed E-state index contributed by atoms with van der Waals surface area (Å²) >= 11 is 0. The van der Waals surface area contributed by atoms with Gasteiger partial charge in [-0.15, -0.1) is 15.0 Å². The first-order chi connectivity index (χ1) is 13.5. The van der Waals surface area contributed by atoms with Gasteiger partial charge in [0.1, 0.15) is 22.5 Å². The molecule has 0 amide bonds. The van der Waals surface area contributed by atoms with Crippen molar-refractivity contribution in [3.05, 3.63) is 60.2 Å². The van der Waals surface area contributed by atoms with E-state index in [-0.39, 0.29) is 5.97 Å². The number of aryl methyl sites for hydroxylation is 1. The average Bonchev–Trinajstić information content (AvgIpc) is 3.12. The Labute approximate surface area is 164 Å². The molecule has 0 N–H and O–H groups in total. The topological polar surface area (TPSA) is 66.2 Å². The average molecular weight is 379 g/mol. The Morgan fingerprint density at radius 2 is 1.71 bits per heavy atom. The van der Waals surface area contributed by atoms with Gasteiger partial charge in [-0.1, -0.05) is 24.8 Å². The molecule has 1 aromatic heterocycles. The summed E-state index contributed by atoms with van der Waals surface area (Å²) in [7, 11) is 0. The maximum Gasteiger partial charge on any atom is 0.333 e. The van der Waals surface area contributed by atoms with Crippen molar-refractivity contribution in [3.63, 3.8) is 0 Å². The molecule has 3 aromatic rings. The molecule has 0 radical (unpaired) electrons. The number of aromatic nitrogens is 3. The maximum atomic E-state index is 11.3. The van der Waals surface area contributed by atoms with E-state index in [1.165, 1.54) is 0 Å². The highest BCUT2D eigenvalue weighted by atomic mass is 16.5. The van der Waals surface area contributed by atoms with Crippen LogP contribution >= 0.6 is 0 Å². The quantitative estimate of drug-likeness (QED) is 0.313. The molecule has 146 valence electrons. The Morgan fingerprint density at radius 3 is 2.39 bits per heavy atom. The maximum absolute atomic E-state index is 11.3. The van der Waals surface area contributed by atoms with Gasteiger partial charge < -0.3 is 9.47 Å². The second-order valence-electron chi connectivity index (χ2n) is 6.77. The number of hydrogen-bond acceptors (Lipinski definition) is 5. The molecule has 0 aliphatic rings. The van der Waals surface area contributed by atoms with Gasteiger partial charge in [-0.2, -0.15) is 0 Å². The molecule has 0 spiro atoms. The lowest BCUT2D eigenvalue weighted by Gasteiger charge is -2.11. The normalized spacial score (nSPS) is 10.8. The van der Waals surface area contributed by atoms with Crippen LogP contribution in [0.15, 0.2) is 54.6 Å². The number of nitrogens with zero attached hydrogens (tertiary/aromatic N) is 3. The Kier molecular flexibility index (Phi) is 6.42. The minimum absolute atomic E-state index is 0.334. The number of hydrogen-bond donors (Lipinski definition) is 0. The number of ether oxygens (including phenoxy) is 2. The minimum Gasteiger partial charge on any atom is -0.491 e. The van der Waals surface area contributed by atoms with Crippen LogP contribution in [0, 0.1) is 6.92 Å². The fraction of sp³-hybridized carbons (Fsp3) is 0.318. The molecular weight excluding hydrogens is 354 g/mol. The number of carbonyl (C=O) groups excluding carboxylic acids is 1. The summed E-state index contributed by atoms with van der Waals surface area (Å²) in [6, 6.07) is 13.8. The molecule has 0 saturated carbocycles. The Hall–Kier alpha value is -3.15. The van der Waals surface area contributed by atoms with Gasteiger partial charge in [0.25, 0.3) is 0 Å². The van der Waals surface area contributed by atoms with Crippen LogP contribution in [-0.4, -0.2) is 34.2 Å². The smallest absolute Gasteiger partial charge is 0.333 e. The van der Waals surface area contributed by atoms with Gasteiger partial charge in [0.2, 0.25) is 0 Å². The molecule has 28 heavy (non-hydrogen) atoms. The molecular formula is C22H25N3O3. The van der Waals surface area contributed by atoms with Gasteiger partial charge in [0.05, 0.1) is 13.2 Å². The molecule has 6 heteroatoms. The summed E-state index contributed by atoms with van der Waals surface area (Å²) < 4.78 is 11.1. The zero-order chi connectivity index (χ0) is 19.9. The second kappa shape index (κ2) is 9.17. The van der Waals surface area contributed by atoms with Crippen LogP contribution < -0.4 is 4.74 Å². The third kappa shape index (κ3) is 4.97. The molecule has 0 saturated heterocycles. The number of benzene rings is 2. The summed E-state index contributed by atoms with van der Waals surface area (Å²) in [6.45, 7) is 8.22. The highest BCUT2D eigenvalue weighted by molar-refractivity contribution is 5.86. The standard InChI is InChI=1S/C22H25N3O3/c1-16(2)22(26)28-14-8-4-7-13-27-21-12-11-17(3)15-20(21)25-23-18-9-5-6-10-19(18)24-25/h5-6,9-12,15H,1,4,7-8,13-14H2,2-3H3. The predicted octanol–water partition coefficient (Wildman–Crippen LogP) is 4.40. The van der Waals surface area contributed by atoms with Crippen LogP contribution in [0.3, 0.4) is 0 Å². The van der Waals surface area contributed by atoms with E-state index in [9.17, 15) is 4.79 Å². The van der Waals surface area contributed by atoms with Crippen molar-refractivity contribution in [2.24, 2.45) is 0 Å². The van der Waals surface area contributed by atoms with Gasteiger partial charge in [0, 0.05) is 5.57 Å². The number of rotatable bonds is 9. The zero-order valence-electron chi connectivity index (χ0n) is 16.4. The molecule has 6 nitrogen and oxygen atoms in total. The van der Waals surface area contributed by atoms with Crippen molar-refractivity contribution < 1.29 is 14.3 Å². The molecule has 0 bridgehead atoms. The SMILES string of the molecule is C=C(C)C(=O)OCCCCCOc1ccc(C)cc1-n1nc2ccccc2n1. The van der Waals surface area contributed by atoms with E-state index >= 15 is 0 Å². The lowest BCUT2D eigenvalue weighted by Crippen LogP contribution is -2.07. The number of fused-ring (bicyclic) bond motifs is 1. The molecule has 0 aliphatic carbocycles. The molecule has 3 rings (SSSR count). The molecule has 0 unspecified atom stereocenters. The third-order valence-electron chi connectivity index (χ3n) is 4.24. The predicted molar refractivity (Wildman–Crippen MR) is 109 cm³/mol. The minimum atomic E-state index is -0.334. The van der Waals surface area contributed by atoms with Crippen LogP contribution in [-0.2, 0) is 9.53 Å². The second-order valence-corrected chi connectivity index (χ2v) is 6.77. The number of unbranched alkanes of at least 4 members (excludes halogenated alkanes) is 2. The largest absolute Gasteiger partial charge is 0.491 e. The van der Waals surface area contributed by atoms with Crippen molar-refractivity contribution in [2.75, 3.05) is 13.2 Å². The van der Waals surface area contributed by atoms with Crippen molar-refractivity contribution in [2.45, 2.75) is 33.1 Å². The molecule has 0 atom stereocenters. The summed E-state index contributed by atoms with van der Waals surface area (Å²) in [5.74, 6) is 0.416. The van der Waals surface area contributed by atoms with E-state index in [4.69, 9.17) is 9.47 Å². The Bertz CT molecular complexity index is 945. The molecule has 1 heterocycles. The zero-order valence-corrected chi connectivity index (χ0v) is 16.4. The van der Waals surface area contributed by atoms with Crippen LogP contribution in [0.25, 0.3) is 16.7 Å². The first-order valence-electron chi connectivity index (χ1n) is 9.43. The van der Waals surface area contributed by atoms with Crippen molar-refractivity contribution in [3.8, 4) is 11.4 Å². The number of esters is 1. The van der Waals surface area contributed by atoms with E-state index in [0.29, 0.717) is 18.8 Å². The van der Waals surface area contributed by atoms with Gasteiger partial charge in [-0.05, 0) is 62.9 Å². The highest BCUT2D eigenvalue weighted by Gasteiger charge is 2.11. The van der Waals surface area contributed by atoms with E-state index in [2.05, 4.69) is 16.8 Å².